The fraction of sp³-hybridized carbons (Fsp3) is 0.200. The molecule has 0 bridgehead atoms. The predicted molar refractivity (Wildman–Crippen MR) is 108 cm³/mol. The second kappa shape index (κ2) is 8.56. The molecule has 29 heavy (non-hydrogen) atoms. The van der Waals surface area contributed by atoms with Crippen LogP contribution in [0.4, 0.5) is 13.2 Å². The molecule has 148 valence electrons. The summed E-state index contributed by atoms with van der Waals surface area (Å²) in [4.78, 5) is 0. The summed E-state index contributed by atoms with van der Waals surface area (Å²) in [7, 11) is 0. The Hall–Kier alpha value is -3.01. The Labute approximate surface area is 168 Å². The molecule has 4 heteroatoms. The van der Waals surface area contributed by atoms with E-state index in [1.165, 1.54) is 24.3 Å². The van der Waals surface area contributed by atoms with Crippen molar-refractivity contribution in [2.45, 2.75) is 25.2 Å². The van der Waals surface area contributed by atoms with Gasteiger partial charge in [0, 0.05) is 5.92 Å². The van der Waals surface area contributed by atoms with E-state index in [1.807, 2.05) is 18.2 Å². The third-order valence-electron chi connectivity index (χ3n) is 5.12. The van der Waals surface area contributed by atoms with E-state index < -0.39 is 5.82 Å². The lowest BCUT2D eigenvalue weighted by Crippen LogP contribution is -2.03. The first-order chi connectivity index (χ1) is 14.1. The van der Waals surface area contributed by atoms with Crippen molar-refractivity contribution in [2.24, 2.45) is 5.92 Å². The van der Waals surface area contributed by atoms with Crippen LogP contribution < -0.4 is 4.74 Å². The molecule has 3 aromatic rings. The molecule has 0 N–H and O–H groups in total. The summed E-state index contributed by atoms with van der Waals surface area (Å²) < 4.78 is 47.9. The number of hydrogen-bond acceptors (Lipinski definition) is 1. The van der Waals surface area contributed by atoms with Crippen LogP contribution in [-0.4, -0.2) is 0 Å². The number of halogens is 3. The van der Waals surface area contributed by atoms with Crippen LogP contribution in [0.15, 0.2) is 84.7 Å². The molecule has 3 aromatic carbocycles. The highest BCUT2D eigenvalue weighted by Crippen LogP contribution is 2.47. The van der Waals surface area contributed by atoms with Crippen LogP contribution in [-0.2, 0) is 6.42 Å². The molecule has 4 rings (SSSR count). The average Bonchev–Trinajstić information content (AvgIpc) is 3.56. The van der Waals surface area contributed by atoms with E-state index in [4.69, 9.17) is 4.74 Å². The van der Waals surface area contributed by atoms with Crippen molar-refractivity contribution in [3.8, 4) is 11.5 Å². The van der Waals surface area contributed by atoms with Gasteiger partial charge in [0.25, 0.3) is 0 Å². The van der Waals surface area contributed by atoms with Crippen LogP contribution in [0, 0.1) is 17.6 Å². The van der Waals surface area contributed by atoms with Crippen LogP contribution in [0.5, 0.6) is 11.5 Å². The standard InChI is InChI=1S/C25H21F3O/c26-20-12-10-19(11-13-20)25(18-8-9-18)23(28)15-7-17-6-14-22(27)24(16-17)29-21-4-2-1-3-5-21/h1-6,10-16,18,25H,7-9H2/t25-/m1/s1. The third kappa shape index (κ3) is 4.89. The Morgan fingerprint density at radius 2 is 1.69 bits per heavy atom. The zero-order valence-corrected chi connectivity index (χ0v) is 15.8. The summed E-state index contributed by atoms with van der Waals surface area (Å²) in [5.74, 6) is -0.476. The predicted octanol–water partition coefficient (Wildman–Crippen LogP) is 7.35. The first kappa shape index (κ1) is 19.3. The zero-order chi connectivity index (χ0) is 20.2. The Balaban J connectivity index is 1.51. The van der Waals surface area contributed by atoms with Gasteiger partial charge in [0.15, 0.2) is 11.6 Å². The van der Waals surface area contributed by atoms with Gasteiger partial charge in [0.05, 0.1) is 0 Å². The molecule has 0 heterocycles. The van der Waals surface area contributed by atoms with Crippen molar-refractivity contribution in [1.29, 1.82) is 0 Å². The number of allylic oxidation sites excluding steroid dienone is 2. The molecule has 1 nitrogen and oxygen atoms in total. The molecule has 1 atom stereocenters. The average molecular weight is 394 g/mol. The van der Waals surface area contributed by atoms with Gasteiger partial charge in [0.2, 0.25) is 0 Å². The lowest BCUT2D eigenvalue weighted by Gasteiger charge is -2.15. The Bertz CT molecular complexity index is 992. The highest BCUT2D eigenvalue weighted by atomic mass is 19.1. The molecular weight excluding hydrogens is 373 g/mol. The topological polar surface area (TPSA) is 9.23 Å². The van der Waals surface area contributed by atoms with Crippen molar-refractivity contribution in [3.05, 3.63) is 107 Å². The summed E-state index contributed by atoms with van der Waals surface area (Å²) >= 11 is 0. The third-order valence-corrected chi connectivity index (χ3v) is 5.12. The van der Waals surface area contributed by atoms with E-state index in [1.54, 1.807) is 36.4 Å². The normalized spacial score (nSPS) is 15.2. The van der Waals surface area contributed by atoms with E-state index >= 15 is 4.39 Å². The minimum absolute atomic E-state index is 0.111. The maximum absolute atomic E-state index is 15.0. The molecule has 0 amide bonds. The fourth-order valence-electron chi connectivity index (χ4n) is 3.47. The first-order valence-electron chi connectivity index (χ1n) is 9.72. The number of benzene rings is 3. The summed E-state index contributed by atoms with van der Waals surface area (Å²) in [6.07, 6.45) is 3.79. The molecule has 0 unspecified atom stereocenters. The summed E-state index contributed by atoms with van der Waals surface area (Å²) in [5, 5.41) is 0. The lowest BCUT2D eigenvalue weighted by atomic mass is 9.92. The number of hydrogen-bond donors (Lipinski definition) is 0. The Morgan fingerprint density at radius 1 is 0.966 bits per heavy atom. The minimum atomic E-state index is -0.468. The lowest BCUT2D eigenvalue weighted by molar-refractivity contribution is 0.441. The van der Waals surface area contributed by atoms with E-state index in [2.05, 4.69) is 0 Å². The van der Waals surface area contributed by atoms with Gasteiger partial charge in [-0.25, -0.2) is 13.2 Å². The molecule has 0 spiro atoms. The molecule has 0 radical (unpaired) electrons. The fourth-order valence-corrected chi connectivity index (χ4v) is 3.47. The van der Waals surface area contributed by atoms with Crippen LogP contribution >= 0.6 is 0 Å². The van der Waals surface area contributed by atoms with Gasteiger partial charge < -0.3 is 4.74 Å². The van der Waals surface area contributed by atoms with Crippen LogP contribution in [0.3, 0.4) is 0 Å². The second-order valence-electron chi connectivity index (χ2n) is 7.34. The Morgan fingerprint density at radius 3 is 2.38 bits per heavy atom. The van der Waals surface area contributed by atoms with Crippen molar-refractivity contribution < 1.29 is 17.9 Å². The van der Waals surface area contributed by atoms with Gasteiger partial charge in [-0.2, -0.15) is 0 Å². The minimum Gasteiger partial charge on any atom is -0.454 e. The van der Waals surface area contributed by atoms with Crippen molar-refractivity contribution >= 4 is 0 Å². The molecule has 1 fully saturated rings. The summed E-state index contributed by atoms with van der Waals surface area (Å²) in [5.41, 5.74) is 1.54. The smallest absolute Gasteiger partial charge is 0.165 e. The van der Waals surface area contributed by atoms with Crippen molar-refractivity contribution in [1.82, 2.24) is 0 Å². The zero-order valence-electron chi connectivity index (χ0n) is 15.8. The number of rotatable bonds is 7. The highest BCUT2D eigenvalue weighted by molar-refractivity contribution is 5.37. The molecule has 0 saturated heterocycles. The first-order valence-corrected chi connectivity index (χ1v) is 9.72. The quantitative estimate of drug-likeness (QED) is 0.407. The maximum atomic E-state index is 15.0. The van der Waals surface area contributed by atoms with E-state index in [0.717, 1.165) is 24.0 Å². The molecule has 1 saturated carbocycles. The number of para-hydroxylation sites is 1. The SMILES string of the molecule is FC(=CCc1ccc(F)c(Oc2ccccc2)c1)[C@@H](c1ccc(F)cc1)C1CC1. The largest absolute Gasteiger partial charge is 0.454 e. The maximum Gasteiger partial charge on any atom is 0.165 e. The van der Waals surface area contributed by atoms with E-state index in [9.17, 15) is 8.78 Å². The molecule has 0 aliphatic heterocycles. The van der Waals surface area contributed by atoms with Crippen molar-refractivity contribution in [3.63, 3.8) is 0 Å². The summed E-state index contributed by atoms with van der Waals surface area (Å²) in [6.45, 7) is 0. The van der Waals surface area contributed by atoms with E-state index in [-0.39, 0.29) is 29.2 Å². The van der Waals surface area contributed by atoms with Gasteiger partial charge in [-0.15, -0.1) is 0 Å². The van der Waals surface area contributed by atoms with Gasteiger partial charge in [-0.1, -0.05) is 36.4 Å². The van der Waals surface area contributed by atoms with Gasteiger partial charge in [0.1, 0.15) is 17.4 Å². The monoisotopic (exact) mass is 394 g/mol. The van der Waals surface area contributed by atoms with Gasteiger partial charge in [-0.3, -0.25) is 0 Å². The van der Waals surface area contributed by atoms with Crippen LogP contribution in [0.25, 0.3) is 0 Å². The highest BCUT2D eigenvalue weighted by Gasteiger charge is 2.35. The van der Waals surface area contributed by atoms with Gasteiger partial charge in [-0.05, 0) is 78.8 Å². The van der Waals surface area contributed by atoms with Gasteiger partial charge >= 0.3 is 0 Å². The number of ether oxygens (including phenoxy) is 1. The van der Waals surface area contributed by atoms with Crippen LogP contribution in [0.2, 0.25) is 0 Å². The van der Waals surface area contributed by atoms with E-state index in [0.29, 0.717) is 12.2 Å². The second-order valence-corrected chi connectivity index (χ2v) is 7.34. The summed E-state index contributed by atoms with van der Waals surface area (Å²) in [6, 6.07) is 19.5. The van der Waals surface area contributed by atoms with Crippen molar-refractivity contribution in [2.75, 3.05) is 0 Å². The molecule has 1 aliphatic carbocycles. The Kier molecular flexibility index (Phi) is 5.70. The molecule has 0 aromatic heterocycles. The molecule has 1 aliphatic rings. The van der Waals surface area contributed by atoms with Crippen LogP contribution in [0.1, 0.15) is 29.9 Å². The molecular formula is C25H21F3O.